The van der Waals surface area contributed by atoms with Crippen LogP contribution in [0.15, 0.2) is 167 Å². The molecular formula is C62H44B2N2O2. The average Bonchev–Trinajstić information content (AvgIpc) is 3.91. The van der Waals surface area contributed by atoms with Gasteiger partial charge in [-0.15, -0.1) is 0 Å². The van der Waals surface area contributed by atoms with Crippen molar-refractivity contribution in [2.45, 2.75) is 41.5 Å². The van der Waals surface area contributed by atoms with E-state index in [-0.39, 0.29) is 13.4 Å². The quantitative estimate of drug-likeness (QED) is 0.162. The summed E-state index contributed by atoms with van der Waals surface area (Å²) in [6.45, 7) is 13.5. The standard InChI is InChI=1S/C62H44B2N2O2/c1-33-27-35(3)55(36(4)28-33)63-45-23-25-51-53(43-19-11-13-21-49(43)67-51)59(45)65-48-32-40-16-8-10-18-42(40)58-62(48)66(47-31-39-15-7-9-17-41(39)57(63)61(47)65)60-46(64(58)56-37(5)29-34(2)30-38(56)6)24-26-52-54(60)44-20-12-14-22-50(44)68-52/h7-32H,1-6H3. The molecule has 3 aliphatic heterocycles. The maximum Gasteiger partial charge on any atom is 0.248 e. The van der Waals surface area contributed by atoms with Gasteiger partial charge in [-0.25, -0.2) is 0 Å². The van der Waals surface area contributed by atoms with Crippen LogP contribution in [0, 0.1) is 41.5 Å². The predicted molar refractivity (Wildman–Crippen MR) is 290 cm³/mol. The summed E-state index contributed by atoms with van der Waals surface area (Å²) in [7, 11) is 0. The molecule has 0 saturated heterocycles. The lowest BCUT2D eigenvalue weighted by atomic mass is 9.32. The molecule has 5 heterocycles. The molecule has 15 rings (SSSR count). The van der Waals surface area contributed by atoms with Crippen LogP contribution in [-0.4, -0.2) is 13.4 Å². The Bertz CT molecular complexity index is 3950. The highest BCUT2D eigenvalue weighted by Crippen LogP contribution is 2.59. The van der Waals surface area contributed by atoms with Gasteiger partial charge in [0.15, 0.2) is 0 Å². The molecule has 0 aliphatic carbocycles. The van der Waals surface area contributed by atoms with E-state index in [2.05, 4.69) is 209 Å². The molecule has 0 spiro atoms. The number of furan rings is 2. The first-order valence-electron chi connectivity index (χ1n) is 24.0. The van der Waals surface area contributed by atoms with Crippen LogP contribution < -0.4 is 42.6 Å². The first-order valence-corrected chi connectivity index (χ1v) is 24.0. The normalized spacial score (nSPS) is 13.6. The van der Waals surface area contributed by atoms with Gasteiger partial charge in [-0.2, -0.15) is 0 Å². The molecule has 2 aromatic heterocycles. The Morgan fingerprint density at radius 3 is 1.12 bits per heavy atom. The zero-order valence-electron chi connectivity index (χ0n) is 38.9. The number of hydrogen-bond donors (Lipinski definition) is 0. The van der Waals surface area contributed by atoms with Gasteiger partial charge < -0.3 is 18.6 Å². The van der Waals surface area contributed by atoms with Crippen molar-refractivity contribution in [1.29, 1.82) is 0 Å². The molecule has 4 nitrogen and oxygen atoms in total. The molecule has 68 heavy (non-hydrogen) atoms. The highest BCUT2D eigenvalue weighted by molar-refractivity contribution is 7.01. The first-order chi connectivity index (χ1) is 33.2. The average molecular weight is 871 g/mol. The van der Waals surface area contributed by atoms with E-state index >= 15 is 0 Å². The third kappa shape index (κ3) is 4.82. The maximum absolute atomic E-state index is 6.85. The summed E-state index contributed by atoms with van der Waals surface area (Å²) in [6.07, 6.45) is 0. The summed E-state index contributed by atoms with van der Waals surface area (Å²) in [5.41, 5.74) is 26.4. The zero-order valence-corrected chi connectivity index (χ0v) is 38.9. The van der Waals surface area contributed by atoms with E-state index in [0.29, 0.717) is 0 Å². The van der Waals surface area contributed by atoms with Crippen LogP contribution in [0.2, 0.25) is 0 Å². The fourth-order valence-electron chi connectivity index (χ4n) is 13.6. The second kappa shape index (κ2) is 13.4. The number of benzene rings is 10. The molecule has 10 aromatic carbocycles. The van der Waals surface area contributed by atoms with Crippen molar-refractivity contribution in [3.05, 3.63) is 191 Å². The van der Waals surface area contributed by atoms with Gasteiger partial charge in [0.05, 0.1) is 44.9 Å². The van der Waals surface area contributed by atoms with Gasteiger partial charge in [-0.3, -0.25) is 0 Å². The predicted octanol–water partition coefficient (Wildman–Crippen LogP) is 12.6. The Balaban J connectivity index is 1.21. The zero-order chi connectivity index (χ0) is 45.4. The second-order valence-electron chi connectivity index (χ2n) is 19.9. The van der Waals surface area contributed by atoms with Gasteiger partial charge >= 0.3 is 0 Å². The van der Waals surface area contributed by atoms with Gasteiger partial charge in [0.1, 0.15) is 22.3 Å². The van der Waals surface area contributed by atoms with Crippen molar-refractivity contribution in [2.24, 2.45) is 0 Å². The molecule has 0 unspecified atom stereocenters. The Morgan fingerprint density at radius 1 is 0.338 bits per heavy atom. The van der Waals surface area contributed by atoms with Crippen molar-refractivity contribution >= 4 is 146 Å². The minimum absolute atomic E-state index is 0.0818. The lowest BCUT2D eigenvalue weighted by Crippen LogP contribution is -2.62. The summed E-state index contributed by atoms with van der Waals surface area (Å²) < 4.78 is 13.7. The van der Waals surface area contributed by atoms with Crippen LogP contribution in [0.4, 0.5) is 34.1 Å². The summed E-state index contributed by atoms with van der Waals surface area (Å²) in [5, 5.41) is 9.50. The first kappa shape index (κ1) is 38.2. The molecule has 0 fully saturated rings. The largest absolute Gasteiger partial charge is 0.456 e. The topological polar surface area (TPSA) is 32.8 Å². The van der Waals surface area contributed by atoms with Gasteiger partial charge in [-0.05, 0) is 121 Å². The summed E-state index contributed by atoms with van der Waals surface area (Å²) in [5.74, 6) is 0. The number of rotatable bonds is 2. The highest BCUT2D eigenvalue weighted by Gasteiger charge is 2.50. The Morgan fingerprint density at radius 2 is 0.706 bits per heavy atom. The van der Waals surface area contributed by atoms with Gasteiger partial charge in [-0.1, -0.05) is 166 Å². The molecular weight excluding hydrogens is 826 g/mol. The SMILES string of the molecule is Cc1cc(C)c(B2c3ccc4oc5ccccc5c4c3N3c4cc5ccccc5c5c4N(c4cc6ccccc6c2c43)c2c(ccc3oc4ccccc4c23)B5c2c(C)cc(C)cc2C)c(C)c1. The number of para-hydroxylation sites is 2. The molecule has 0 bridgehead atoms. The Hall–Kier alpha value is -7.95. The van der Waals surface area contributed by atoms with E-state index in [1.807, 2.05) is 0 Å². The molecule has 0 atom stereocenters. The molecule has 320 valence electrons. The summed E-state index contributed by atoms with van der Waals surface area (Å²) in [6, 6.07) is 59.1. The fraction of sp³-hybridized carbons (Fsp3) is 0.0968. The van der Waals surface area contributed by atoms with Crippen molar-refractivity contribution in [3.63, 3.8) is 0 Å². The van der Waals surface area contributed by atoms with Crippen molar-refractivity contribution in [1.82, 2.24) is 0 Å². The molecule has 0 saturated carbocycles. The minimum atomic E-state index is -0.0818. The molecule has 12 aromatic rings. The monoisotopic (exact) mass is 870 g/mol. The van der Waals surface area contributed by atoms with Crippen molar-refractivity contribution < 1.29 is 8.83 Å². The van der Waals surface area contributed by atoms with Crippen LogP contribution in [0.5, 0.6) is 0 Å². The summed E-state index contributed by atoms with van der Waals surface area (Å²) >= 11 is 0. The lowest BCUT2D eigenvalue weighted by Gasteiger charge is -2.50. The van der Waals surface area contributed by atoms with Crippen LogP contribution in [0.1, 0.15) is 33.4 Å². The van der Waals surface area contributed by atoms with E-state index in [0.717, 1.165) is 43.9 Å². The molecule has 3 aliphatic rings. The van der Waals surface area contributed by atoms with Crippen LogP contribution in [0.3, 0.4) is 0 Å². The number of hydrogen-bond acceptors (Lipinski definition) is 4. The number of nitrogens with zero attached hydrogens (tertiary/aromatic N) is 2. The lowest BCUT2D eigenvalue weighted by molar-refractivity contribution is 0.668. The Kier molecular flexibility index (Phi) is 7.50. The van der Waals surface area contributed by atoms with E-state index in [1.165, 1.54) is 122 Å². The van der Waals surface area contributed by atoms with Gasteiger partial charge in [0.25, 0.3) is 0 Å². The minimum Gasteiger partial charge on any atom is -0.456 e. The number of aryl methyl sites for hydroxylation is 6. The third-order valence-electron chi connectivity index (χ3n) is 15.8. The van der Waals surface area contributed by atoms with Gasteiger partial charge in [0, 0.05) is 10.8 Å². The Labute approximate surface area is 395 Å². The second-order valence-corrected chi connectivity index (χ2v) is 19.9. The maximum atomic E-state index is 6.85. The van der Waals surface area contributed by atoms with E-state index in [1.54, 1.807) is 0 Å². The highest BCUT2D eigenvalue weighted by atomic mass is 16.3. The summed E-state index contributed by atoms with van der Waals surface area (Å²) in [4.78, 5) is 5.36. The van der Waals surface area contributed by atoms with Crippen molar-refractivity contribution in [2.75, 3.05) is 9.80 Å². The molecule has 0 radical (unpaired) electrons. The van der Waals surface area contributed by atoms with Crippen LogP contribution in [0.25, 0.3) is 65.4 Å². The van der Waals surface area contributed by atoms with E-state index in [4.69, 9.17) is 8.83 Å². The van der Waals surface area contributed by atoms with Gasteiger partial charge in [0.2, 0.25) is 13.4 Å². The van der Waals surface area contributed by atoms with E-state index < -0.39 is 0 Å². The smallest absolute Gasteiger partial charge is 0.248 e. The fourth-order valence-corrected chi connectivity index (χ4v) is 13.6. The van der Waals surface area contributed by atoms with Crippen LogP contribution >= 0.6 is 0 Å². The molecule has 0 amide bonds. The number of anilines is 6. The third-order valence-corrected chi connectivity index (χ3v) is 15.8. The molecule has 6 heteroatoms. The van der Waals surface area contributed by atoms with Crippen molar-refractivity contribution in [3.8, 4) is 0 Å². The van der Waals surface area contributed by atoms with E-state index in [9.17, 15) is 0 Å². The van der Waals surface area contributed by atoms with Crippen LogP contribution in [-0.2, 0) is 0 Å². The molecule has 0 N–H and O–H groups in total. The number of fused-ring (bicyclic) bond motifs is 18.